The van der Waals surface area contributed by atoms with Gasteiger partial charge in [0.1, 0.15) is 0 Å². The van der Waals surface area contributed by atoms with Gasteiger partial charge in [-0.05, 0) is 42.5 Å². The summed E-state index contributed by atoms with van der Waals surface area (Å²) in [6, 6.07) is 7.68. The fourth-order valence-corrected chi connectivity index (χ4v) is 3.94. The van der Waals surface area contributed by atoms with E-state index in [1.54, 1.807) is 0 Å². The SMILES string of the molecule is CCCC(CC)N1C[C@H](CC)c2cc(-c3cnn(C)c3)ccc21. The summed E-state index contributed by atoms with van der Waals surface area (Å²) in [6.07, 6.45) is 9.05. The Labute approximate surface area is 140 Å². The van der Waals surface area contributed by atoms with Crippen LogP contribution in [0.2, 0.25) is 0 Å². The largest absolute Gasteiger partial charge is 0.368 e. The molecule has 2 aromatic rings. The lowest BCUT2D eigenvalue weighted by Gasteiger charge is -2.30. The molecule has 1 aliphatic rings. The normalized spacial score (nSPS) is 18.3. The number of aromatic nitrogens is 2. The van der Waals surface area contributed by atoms with Crippen LogP contribution in [0.1, 0.15) is 57.9 Å². The van der Waals surface area contributed by atoms with E-state index < -0.39 is 0 Å². The summed E-state index contributed by atoms with van der Waals surface area (Å²) in [7, 11) is 1.98. The molecule has 0 saturated carbocycles. The Morgan fingerprint density at radius 3 is 2.65 bits per heavy atom. The lowest BCUT2D eigenvalue weighted by atomic mass is 9.95. The van der Waals surface area contributed by atoms with E-state index in [1.807, 2.05) is 17.9 Å². The molecule has 124 valence electrons. The van der Waals surface area contributed by atoms with E-state index in [4.69, 9.17) is 0 Å². The van der Waals surface area contributed by atoms with Gasteiger partial charge in [0.25, 0.3) is 0 Å². The molecule has 2 heterocycles. The average molecular weight is 311 g/mol. The number of rotatable bonds is 6. The fraction of sp³-hybridized carbons (Fsp3) is 0.550. The van der Waals surface area contributed by atoms with Crippen molar-refractivity contribution in [3.05, 3.63) is 36.2 Å². The van der Waals surface area contributed by atoms with Crippen LogP contribution in [0.3, 0.4) is 0 Å². The average Bonchev–Trinajstić information content (AvgIpc) is 3.15. The monoisotopic (exact) mass is 311 g/mol. The number of anilines is 1. The molecule has 0 saturated heterocycles. The third-order valence-corrected chi connectivity index (χ3v) is 5.26. The van der Waals surface area contributed by atoms with Gasteiger partial charge < -0.3 is 4.90 Å². The molecule has 3 heteroatoms. The quantitative estimate of drug-likeness (QED) is 0.750. The summed E-state index contributed by atoms with van der Waals surface area (Å²) in [5.74, 6) is 0.660. The third kappa shape index (κ3) is 3.01. The van der Waals surface area contributed by atoms with Crippen LogP contribution in [0, 0.1) is 0 Å². The second kappa shape index (κ2) is 6.77. The van der Waals surface area contributed by atoms with Gasteiger partial charge >= 0.3 is 0 Å². The van der Waals surface area contributed by atoms with Crippen LogP contribution in [0.5, 0.6) is 0 Å². The van der Waals surface area contributed by atoms with Gasteiger partial charge in [-0.25, -0.2) is 0 Å². The predicted molar refractivity (Wildman–Crippen MR) is 98.0 cm³/mol. The van der Waals surface area contributed by atoms with Gasteiger partial charge in [0.2, 0.25) is 0 Å². The smallest absolute Gasteiger partial charge is 0.0568 e. The Balaban J connectivity index is 1.96. The molecular weight excluding hydrogens is 282 g/mol. The van der Waals surface area contributed by atoms with Gasteiger partial charge in [-0.1, -0.05) is 33.3 Å². The van der Waals surface area contributed by atoms with Crippen molar-refractivity contribution in [2.45, 2.75) is 58.4 Å². The Kier molecular flexibility index (Phi) is 4.74. The summed E-state index contributed by atoms with van der Waals surface area (Å²) >= 11 is 0. The first-order valence-corrected chi connectivity index (χ1v) is 9.07. The second-order valence-corrected chi connectivity index (χ2v) is 6.78. The molecule has 0 aliphatic carbocycles. The van der Waals surface area contributed by atoms with Gasteiger partial charge in [0.05, 0.1) is 6.20 Å². The standard InChI is InChI=1S/C20H29N3/c1-5-8-18(7-3)23-14-15(6-2)19-11-16(9-10-20(19)23)17-12-21-22(4)13-17/h9-13,15,18H,5-8,14H2,1-4H3/t15-,18?/m0/s1. The third-order valence-electron chi connectivity index (χ3n) is 5.26. The van der Waals surface area contributed by atoms with Crippen molar-refractivity contribution in [3.8, 4) is 11.1 Å². The maximum absolute atomic E-state index is 4.31. The maximum Gasteiger partial charge on any atom is 0.0568 e. The first-order valence-electron chi connectivity index (χ1n) is 9.07. The van der Waals surface area contributed by atoms with E-state index in [-0.39, 0.29) is 0 Å². The minimum absolute atomic E-state index is 0.660. The minimum Gasteiger partial charge on any atom is -0.368 e. The topological polar surface area (TPSA) is 21.1 Å². The molecular formula is C20H29N3. The summed E-state index contributed by atoms with van der Waals surface area (Å²) in [4.78, 5) is 2.67. The molecule has 0 spiro atoms. The number of hydrogen-bond acceptors (Lipinski definition) is 2. The maximum atomic E-state index is 4.31. The van der Waals surface area contributed by atoms with E-state index in [0.29, 0.717) is 12.0 Å². The van der Waals surface area contributed by atoms with Crippen LogP contribution in [-0.2, 0) is 7.05 Å². The molecule has 0 bridgehead atoms. The zero-order valence-electron chi connectivity index (χ0n) is 14.9. The highest BCUT2D eigenvalue weighted by Gasteiger charge is 2.31. The molecule has 0 amide bonds. The molecule has 2 atom stereocenters. The van der Waals surface area contributed by atoms with E-state index >= 15 is 0 Å². The highest BCUT2D eigenvalue weighted by atomic mass is 15.2. The van der Waals surface area contributed by atoms with Crippen molar-refractivity contribution in [2.75, 3.05) is 11.4 Å². The van der Waals surface area contributed by atoms with Crippen LogP contribution >= 0.6 is 0 Å². The van der Waals surface area contributed by atoms with Crippen molar-refractivity contribution in [2.24, 2.45) is 7.05 Å². The summed E-state index contributed by atoms with van der Waals surface area (Å²) in [6.45, 7) is 8.11. The van der Waals surface area contributed by atoms with Crippen LogP contribution < -0.4 is 4.90 Å². The fourth-order valence-electron chi connectivity index (χ4n) is 3.94. The molecule has 1 aromatic heterocycles. The molecule has 3 nitrogen and oxygen atoms in total. The van der Waals surface area contributed by atoms with Crippen molar-refractivity contribution < 1.29 is 0 Å². The lowest BCUT2D eigenvalue weighted by molar-refractivity contribution is 0.521. The highest BCUT2D eigenvalue weighted by Crippen LogP contribution is 2.42. The highest BCUT2D eigenvalue weighted by molar-refractivity contribution is 5.71. The van der Waals surface area contributed by atoms with E-state index in [0.717, 1.165) is 0 Å². The molecule has 1 aromatic carbocycles. The van der Waals surface area contributed by atoms with E-state index in [1.165, 1.54) is 54.6 Å². The van der Waals surface area contributed by atoms with Gasteiger partial charge in [0.15, 0.2) is 0 Å². The zero-order valence-corrected chi connectivity index (χ0v) is 14.9. The zero-order chi connectivity index (χ0) is 16.4. The van der Waals surface area contributed by atoms with Crippen molar-refractivity contribution >= 4 is 5.69 Å². The Morgan fingerprint density at radius 2 is 2.04 bits per heavy atom. The predicted octanol–water partition coefficient (Wildman–Crippen LogP) is 4.98. The summed E-state index contributed by atoms with van der Waals surface area (Å²) < 4.78 is 1.88. The molecule has 23 heavy (non-hydrogen) atoms. The van der Waals surface area contributed by atoms with Crippen LogP contribution in [0.15, 0.2) is 30.6 Å². The van der Waals surface area contributed by atoms with E-state index in [9.17, 15) is 0 Å². The number of benzene rings is 1. The van der Waals surface area contributed by atoms with Gasteiger partial charge in [0, 0.05) is 43.0 Å². The van der Waals surface area contributed by atoms with Crippen molar-refractivity contribution in [1.29, 1.82) is 0 Å². The van der Waals surface area contributed by atoms with Gasteiger partial charge in [-0.15, -0.1) is 0 Å². The van der Waals surface area contributed by atoms with Crippen LogP contribution in [-0.4, -0.2) is 22.4 Å². The number of nitrogens with zero attached hydrogens (tertiary/aromatic N) is 3. The second-order valence-electron chi connectivity index (χ2n) is 6.78. The molecule has 0 radical (unpaired) electrons. The van der Waals surface area contributed by atoms with E-state index in [2.05, 4.69) is 55.2 Å². The van der Waals surface area contributed by atoms with Crippen molar-refractivity contribution in [1.82, 2.24) is 9.78 Å². The first-order chi connectivity index (χ1) is 11.2. The molecule has 3 rings (SSSR count). The minimum atomic E-state index is 0.660. The lowest BCUT2D eigenvalue weighted by Crippen LogP contribution is -2.33. The molecule has 1 unspecified atom stereocenters. The number of hydrogen-bond donors (Lipinski definition) is 0. The summed E-state index contributed by atoms with van der Waals surface area (Å²) in [5, 5.41) is 4.31. The van der Waals surface area contributed by atoms with Crippen molar-refractivity contribution in [3.63, 3.8) is 0 Å². The Morgan fingerprint density at radius 1 is 1.22 bits per heavy atom. The molecule has 1 aliphatic heterocycles. The Bertz CT molecular complexity index is 659. The Hall–Kier alpha value is -1.77. The van der Waals surface area contributed by atoms with Crippen LogP contribution in [0.4, 0.5) is 5.69 Å². The number of fused-ring (bicyclic) bond motifs is 1. The number of aryl methyl sites for hydroxylation is 1. The first kappa shape index (κ1) is 16.1. The molecule has 0 N–H and O–H groups in total. The summed E-state index contributed by atoms with van der Waals surface area (Å²) in [5.41, 5.74) is 5.50. The molecule has 0 fully saturated rings. The van der Waals surface area contributed by atoms with Gasteiger partial charge in [-0.3, -0.25) is 4.68 Å². The van der Waals surface area contributed by atoms with Crippen LogP contribution in [0.25, 0.3) is 11.1 Å². The van der Waals surface area contributed by atoms with Gasteiger partial charge in [-0.2, -0.15) is 5.10 Å².